The summed E-state index contributed by atoms with van der Waals surface area (Å²) in [5.41, 5.74) is 0.703. The van der Waals surface area contributed by atoms with E-state index in [1.165, 1.54) is 16.4 Å². The summed E-state index contributed by atoms with van der Waals surface area (Å²) >= 11 is 7.39. The number of halogens is 1. The van der Waals surface area contributed by atoms with Crippen LogP contribution in [0.5, 0.6) is 0 Å². The van der Waals surface area contributed by atoms with Gasteiger partial charge in [-0.1, -0.05) is 49.3 Å². The molecule has 1 aromatic heterocycles. The van der Waals surface area contributed by atoms with Crippen LogP contribution in [0.1, 0.15) is 20.8 Å². The van der Waals surface area contributed by atoms with Gasteiger partial charge in [0.15, 0.2) is 5.82 Å². The summed E-state index contributed by atoms with van der Waals surface area (Å²) in [5, 5.41) is 12.0. The molecule has 1 unspecified atom stereocenters. The maximum absolute atomic E-state index is 11.9. The van der Waals surface area contributed by atoms with Gasteiger partial charge in [0, 0.05) is 11.6 Å². The summed E-state index contributed by atoms with van der Waals surface area (Å²) in [6, 6.07) is 7.39. The van der Waals surface area contributed by atoms with Crippen LogP contribution in [0, 0.1) is 5.92 Å². The van der Waals surface area contributed by atoms with Gasteiger partial charge in [-0.2, -0.15) is 0 Å². The molecule has 1 aromatic carbocycles. The normalized spacial score (nSPS) is 12.4. The molecule has 3 N–H and O–H groups in total. The number of nitrogen functional groups attached to an aromatic ring is 1. The molecule has 0 bridgehead atoms. The minimum atomic E-state index is -0.0570. The zero-order chi connectivity index (χ0) is 17.0. The van der Waals surface area contributed by atoms with Gasteiger partial charge in [0.2, 0.25) is 11.1 Å². The lowest BCUT2D eigenvalue weighted by atomic mass is 10.1. The van der Waals surface area contributed by atoms with E-state index in [-0.39, 0.29) is 17.7 Å². The third-order valence-corrected chi connectivity index (χ3v) is 4.77. The Labute approximate surface area is 144 Å². The molecular weight excluding hydrogens is 334 g/mol. The zero-order valence-electron chi connectivity index (χ0n) is 13.3. The first-order valence-electron chi connectivity index (χ1n) is 7.27. The van der Waals surface area contributed by atoms with Gasteiger partial charge in [0.1, 0.15) is 0 Å². The third kappa shape index (κ3) is 4.39. The number of carbonyl (C=O) groups is 1. The van der Waals surface area contributed by atoms with Gasteiger partial charge in [-0.15, -0.1) is 10.2 Å². The molecule has 0 aliphatic carbocycles. The summed E-state index contributed by atoms with van der Waals surface area (Å²) in [5.74, 6) is 7.04. The van der Waals surface area contributed by atoms with Crippen molar-refractivity contribution in [1.29, 1.82) is 0 Å². The molecule has 2 rings (SSSR count). The van der Waals surface area contributed by atoms with Crippen molar-refractivity contribution in [2.75, 3.05) is 11.6 Å². The van der Waals surface area contributed by atoms with Crippen LogP contribution >= 0.6 is 23.4 Å². The van der Waals surface area contributed by atoms with E-state index in [9.17, 15) is 4.79 Å². The van der Waals surface area contributed by atoms with Gasteiger partial charge in [0.05, 0.1) is 10.8 Å². The average molecular weight is 354 g/mol. The van der Waals surface area contributed by atoms with Crippen molar-refractivity contribution in [3.05, 3.63) is 29.3 Å². The number of hydrogen-bond acceptors (Lipinski definition) is 5. The number of aromatic nitrogens is 3. The van der Waals surface area contributed by atoms with Gasteiger partial charge in [-0.3, -0.25) is 4.79 Å². The molecule has 23 heavy (non-hydrogen) atoms. The van der Waals surface area contributed by atoms with E-state index in [0.29, 0.717) is 27.5 Å². The number of nitrogens with one attached hydrogen (secondary N) is 1. The molecule has 0 radical (unpaired) electrons. The Hall–Kier alpha value is -1.73. The summed E-state index contributed by atoms with van der Waals surface area (Å²) in [4.78, 5) is 11.9. The second kappa shape index (κ2) is 7.70. The lowest BCUT2D eigenvalue weighted by molar-refractivity contribution is -0.119. The third-order valence-electron chi connectivity index (χ3n) is 3.50. The highest BCUT2D eigenvalue weighted by Crippen LogP contribution is 2.27. The maximum atomic E-state index is 11.9. The fourth-order valence-corrected chi connectivity index (χ4v) is 2.68. The first-order valence-corrected chi connectivity index (χ1v) is 8.64. The van der Waals surface area contributed by atoms with Crippen LogP contribution < -0.4 is 11.2 Å². The van der Waals surface area contributed by atoms with E-state index < -0.39 is 0 Å². The molecule has 1 atom stereocenters. The Morgan fingerprint density at radius 1 is 1.35 bits per heavy atom. The highest BCUT2D eigenvalue weighted by molar-refractivity contribution is 7.99. The minimum Gasteiger partial charge on any atom is -0.353 e. The van der Waals surface area contributed by atoms with E-state index in [0.717, 1.165) is 0 Å². The number of thioether (sulfide) groups is 1. The second-order valence-electron chi connectivity index (χ2n) is 5.54. The fourth-order valence-electron chi connectivity index (χ4n) is 1.79. The number of nitrogens with zero attached hydrogens (tertiary/aromatic N) is 3. The summed E-state index contributed by atoms with van der Waals surface area (Å²) in [7, 11) is 0. The predicted octanol–water partition coefficient (Wildman–Crippen LogP) is 2.57. The highest BCUT2D eigenvalue weighted by Gasteiger charge is 2.16. The van der Waals surface area contributed by atoms with Crippen LogP contribution in [0.2, 0.25) is 5.02 Å². The summed E-state index contributed by atoms with van der Waals surface area (Å²) in [6.07, 6.45) is 0. The minimum absolute atomic E-state index is 0.0570. The van der Waals surface area contributed by atoms with Gasteiger partial charge < -0.3 is 11.2 Å². The molecule has 124 valence electrons. The zero-order valence-corrected chi connectivity index (χ0v) is 14.9. The van der Waals surface area contributed by atoms with Crippen molar-refractivity contribution < 1.29 is 4.79 Å². The van der Waals surface area contributed by atoms with Crippen LogP contribution in [0.4, 0.5) is 0 Å². The van der Waals surface area contributed by atoms with Crippen LogP contribution in [-0.2, 0) is 4.79 Å². The van der Waals surface area contributed by atoms with E-state index in [1.54, 1.807) is 6.07 Å². The first kappa shape index (κ1) is 17.6. The van der Waals surface area contributed by atoms with Crippen LogP contribution in [-0.4, -0.2) is 32.6 Å². The molecule has 1 heterocycles. The van der Waals surface area contributed by atoms with E-state index in [1.807, 2.05) is 25.1 Å². The Kier molecular flexibility index (Phi) is 5.90. The van der Waals surface area contributed by atoms with Crippen LogP contribution in [0.15, 0.2) is 29.4 Å². The highest BCUT2D eigenvalue weighted by atomic mass is 35.5. The standard InChI is InChI=1S/C15H20ClN5OS/c1-9(2)10(3)18-13(22)8-23-15-20-19-14(21(15)17)11-6-4-5-7-12(11)16/h4-7,9-10H,8,17H2,1-3H3,(H,18,22). The van der Waals surface area contributed by atoms with Crippen LogP contribution in [0.3, 0.4) is 0 Å². The molecule has 6 nitrogen and oxygen atoms in total. The van der Waals surface area contributed by atoms with Crippen molar-refractivity contribution in [2.24, 2.45) is 5.92 Å². The molecule has 0 fully saturated rings. The topological polar surface area (TPSA) is 85.8 Å². The number of amides is 1. The Bertz CT molecular complexity index is 688. The summed E-state index contributed by atoms with van der Waals surface area (Å²) in [6.45, 7) is 6.10. The molecule has 0 saturated heterocycles. The second-order valence-corrected chi connectivity index (χ2v) is 6.89. The molecule has 1 amide bonds. The summed E-state index contributed by atoms with van der Waals surface area (Å²) < 4.78 is 1.35. The smallest absolute Gasteiger partial charge is 0.230 e. The quantitative estimate of drug-likeness (QED) is 0.615. The monoisotopic (exact) mass is 353 g/mol. The number of hydrogen-bond donors (Lipinski definition) is 2. The average Bonchev–Trinajstić information content (AvgIpc) is 2.86. The van der Waals surface area contributed by atoms with Crippen molar-refractivity contribution in [1.82, 2.24) is 20.2 Å². The Morgan fingerprint density at radius 3 is 2.70 bits per heavy atom. The van der Waals surface area contributed by atoms with Gasteiger partial charge in [-0.25, -0.2) is 4.68 Å². The van der Waals surface area contributed by atoms with E-state index in [4.69, 9.17) is 17.4 Å². The van der Waals surface area contributed by atoms with Crippen molar-refractivity contribution in [3.63, 3.8) is 0 Å². The van der Waals surface area contributed by atoms with E-state index >= 15 is 0 Å². The number of benzene rings is 1. The fraction of sp³-hybridized carbons (Fsp3) is 0.400. The van der Waals surface area contributed by atoms with Crippen molar-refractivity contribution in [3.8, 4) is 11.4 Å². The van der Waals surface area contributed by atoms with E-state index in [2.05, 4.69) is 29.4 Å². The number of nitrogens with two attached hydrogens (primary N) is 1. The lowest BCUT2D eigenvalue weighted by Crippen LogP contribution is -2.37. The Morgan fingerprint density at radius 2 is 2.04 bits per heavy atom. The molecule has 2 aromatic rings. The molecular formula is C15H20ClN5OS. The number of carbonyl (C=O) groups excluding carboxylic acids is 1. The SMILES string of the molecule is CC(C)C(C)NC(=O)CSc1nnc(-c2ccccc2Cl)n1N. The molecule has 8 heteroatoms. The van der Waals surface area contributed by atoms with Crippen molar-refractivity contribution >= 4 is 29.3 Å². The number of rotatable bonds is 6. The van der Waals surface area contributed by atoms with Crippen molar-refractivity contribution in [2.45, 2.75) is 32.0 Å². The first-order chi connectivity index (χ1) is 10.9. The van der Waals surface area contributed by atoms with Crippen LogP contribution in [0.25, 0.3) is 11.4 Å². The molecule has 0 saturated carbocycles. The van der Waals surface area contributed by atoms with Gasteiger partial charge >= 0.3 is 0 Å². The maximum Gasteiger partial charge on any atom is 0.230 e. The molecule has 0 aliphatic rings. The lowest BCUT2D eigenvalue weighted by Gasteiger charge is -2.17. The molecule has 0 spiro atoms. The van der Waals surface area contributed by atoms with Gasteiger partial charge in [0.25, 0.3) is 0 Å². The Balaban J connectivity index is 2.03. The predicted molar refractivity (Wildman–Crippen MR) is 93.8 cm³/mol. The van der Waals surface area contributed by atoms with Gasteiger partial charge in [-0.05, 0) is 25.0 Å². The molecule has 0 aliphatic heterocycles. The largest absolute Gasteiger partial charge is 0.353 e.